The Kier molecular flexibility index (Phi) is 3.89. The average molecular weight is 205 g/mol. The van der Waals surface area contributed by atoms with Gasteiger partial charge in [0.05, 0.1) is 13.0 Å². The van der Waals surface area contributed by atoms with Gasteiger partial charge in [-0.1, -0.05) is 17.7 Å². The molecule has 0 amide bonds. The molecule has 0 aromatic heterocycles. The highest BCUT2D eigenvalue weighted by Crippen LogP contribution is 2.35. The van der Waals surface area contributed by atoms with Crippen molar-refractivity contribution in [1.82, 2.24) is 0 Å². The fraction of sp³-hybridized carbons (Fsp3) is 0.385. The SMILES string of the molecule is C=CCC1=C(OC)[C](C=C(C)C)CC1=O. The van der Waals surface area contributed by atoms with Crippen molar-refractivity contribution in [3.63, 3.8) is 0 Å². The quantitative estimate of drug-likeness (QED) is 0.659. The third-order valence-corrected chi connectivity index (χ3v) is 2.27. The van der Waals surface area contributed by atoms with Crippen molar-refractivity contribution in [2.45, 2.75) is 26.7 Å². The molecule has 0 unspecified atom stereocenters. The minimum Gasteiger partial charge on any atom is -0.500 e. The van der Waals surface area contributed by atoms with Crippen molar-refractivity contribution in [2.75, 3.05) is 7.11 Å². The number of carbonyl (C=O) groups excluding carboxylic acids is 1. The number of carbonyl (C=O) groups is 1. The third kappa shape index (κ3) is 2.58. The van der Waals surface area contributed by atoms with Crippen LogP contribution < -0.4 is 0 Å². The van der Waals surface area contributed by atoms with E-state index in [1.165, 1.54) is 5.57 Å². The fourth-order valence-electron chi connectivity index (χ4n) is 1.75. The van der Waals surface area contributed by atoms with E-state index in [0.717, 1.165) is 17.3 Å². The molecule has 2 heteroatoms. The van der Waals surface area contributed by atoms with E-state index in [0.29, 0.717) is 12.8 Å². The molecule has 1 radical (unpaired) electrons. The molecule has 1 aliphatic rings. The lowest BCUT2D eigenvalue weighted by Crippen LogP contribution is -1.96. The van der Waals surface area contributed by atoms with Crippen LogP contribution in [0.15, 0.2) is 35.6 Å². The highest BCUT2D eigenvalue weighted by Gasteiger charge is 2.31. The van der Waals surface area contributed by atoms with E-state index in [2.05, 4.69) is 6.58 Å². The molecular weight excluding hydrogens is 188 g/mol. The first-order valence-corrected chi connectivity index (χ1v) is 5.02. The molecule has 0 heterocycles. The van der Waals surface area contributed by atoms with Gasteiger partial charge in [0, 0.05) is 12.0 Å². The van der Waals surface area contributed by atoms with Gasteiger partial charge in [0.2, 0.25) is 0 Å². The zero-order valence-corrected chi connectivity index (χ0v) is 9.59. The summed E-state index contributed by atoms with van der Waals surface area (Å²) in [6.07, 6.45) is 4.78. The first-order valence-electron chi connectivity index (χ1n) is 5.02. The van der Waals surface area contributed by atoms with Gasteiger partial charge in [0.1, 0.15) is 5.76 Å². The largest absolute Gasteiger partial charge is 0.500 e. The Balaban J connectivity index is 3.01. The molecule has 1 aliphatic carbocycles. The van der Waals surface area contributed by atoms with E-state index >= 15 is 0 Å². The number of ether oxygens (including phenoxy) is 1. The second-order valence-electron chi connectivity index (χ2n) is 3.85. The molecule has 2 nitrogen and oxygen atoms in total. The molecule has 0 aromatic rings. The number of Topliss-reactive ketones (excluding diaryl/α,β-unsaturated/α-hetero) is 1. The molecule has 1 rings (SSSR count). The lowest BCUT2D eigenvalue weighted by Gasteiger charge is -2.09. The molecular formula is C13H17O2. The summed E-state index contributed by atoms with van der Waals surface area (Å²) in [6.45, 7) is 7.67. The summed E-state index contributed by atoms with van der Waals surface area (Å²) in [7, 11) is 1.61. The Labute approximate surface area is 91.3 Å². The minimum absolute atomic E-state index is 0.152. The van der Waals surface area contributed by atoms with Crippen LogP contribution in [-0.2, 0) is 9.53 Å². The predicted octanol–water partition coefficient (Wildman–Crippen LogP) is 2.98. The molecule has 0 saturated heterocycles. The van der Waals surface area contributed by atoms with E-state index in [1.807, 2.05) is 19.9 Å². The molecule has 81 valence electrons. The van der Waals surface area contributed by atoms with E-state index in [-0.39, 0.29) is 5.78 Å². The zero-order valence-electron chi connectivity index (χ0n) is 9.59. The standard InChI is InChI=1S/C13H17O2/c1-5-6-11-12(14)8-10(7-9(2)3)13(11)15-4/h5,7H,1,6,8H2,2-4H3. The second kappa shape index (κ2) is 4.96. The minimum atomic E-state index is 0.152. The number of hydrogen-bond acceptors (Lipinski definition) is 2. The molecule has 0 N–H and O–H groups in total. The van der Waals surface area contributed by atoms with Gasteiger partial charge in [-0.2, -0.15) is 0 Å². The summed E-state index contributed by atoms with van der Waals surface area (Å²) >= 11 is 0. The van der Waals surface area contributed by atoms with Gasteiger partial charge in [-0.25, -0.2) is 0 Å². The van der Waals surface area contributed by atoms with E-state index in [4.69, 9.17) is 4.74 Å². The predicted molar refractivity (Wildman–Crippen MR) is 61.1 cm³/mol. The van der Waals surface area contributed by atoms with Crippen molar-refractivity contribution in [2.24, 2.45) is 0 Å². The first kappa shape index (κ1) is 11.8. The van der Waals surface area contributed by atoms with E-state index < -0.39 is 0 Å². The van der Waals surface area contributed by atoms with Crippen LogP contribution in [0.3, 0.4) is 0 Å². The van der Waals surface area contributed by atoms with Crippen LogP contribution in [0.25, 0.3) is 0 Å². The van der Waals surface area contributed by atoms with Crippen LogP contribution in [0.5, 0.6) is 0 Å². The van der Waals surface area contributed by atoms with Gasteiger partial charge in [-0.3, -0.25) is 4.79 Å². The first-order chi connectivity index (χ1) is 7.10. The van der Waals surface area contributed by atoms with Crippen LogP contribution in [0.4, 0.5) is 0 Å². The van der Waals surface area contributed by atoms with Crippen LogP contribution >= 0.6 is 0 Å². The van der Waals surface area contributed by atoms with Crippen molar-refractivity contribution in [3.8, 4) is 0 Å². The highest BCUT2D eigenvalue weighted by molar-refractivity contribution is 6.02. The van der Waals surface area contributed by atoms with Gasteiger partial charge in [-0.15, -0.1) is 6.58 Å². The van der Waals surface area contributed by atoms with Gasteiger partial charge >= 0.3 is 0 Å². The summed E-state index contributed by atoms with van der Waals surface area (Å²) in [5.41, 5.74) is 1.92. The van der Waals surface area contributed by atoms with Crippen molar-refractivity contribution < 1.29 is 9.53 Å². The van der Waals surface area contributed by atoms with Crippen LogP contribution in [0, 0.1) is 5.92 Å². The third-order valence-electron chi connectivity index (χ3n) is 2.27. The molecule has 15 heavy (non-hydrogen) atoms. The number of allylic oxidation sites excluding steroid dienone is 4. The Morgan fingerprint density at radius 3 is 2.67 bits per heavy atom. The Hall–Kier alpha value is -1.31. The summed E-state index contributed by atoms with van der Waals surface area (Å²) in [5.74, 6) is 1.87. The highest BCUT2D eigenvalue weighted by atomic mass is 16.5. The van der Waals surface area contributed by atoms with Crippen LogP contribution in [0.1, 0.15) is 26.7 Å². The van der Waals surface area contributed by atoms with Crippen molar-refractivity contribution in [1.29, 1.82) is 0 Å². The maximum Gasteiger partial charge on any atom is 0.163 e. The second-order valence-corrected chi connectivity index (χ2v) is 3.85. The average Bonchev–Trinajstić information content (AvgIpc) is 2.42. The van der Waals surface area contributed by atoms with Crippen molar-refractivity contribution >= 4 is 5.78 Å². The van der Waals surface area contributed by atoms with Gasteiger partial charge in [-0.05, 0) is 20.3 Å². The summed E-state index contributed by atoms with van der Waals surface area (Å²) < 4.78 is 5.29. The monoisotopic (exact) mass is 205 g/mol. The summed E-state index contributed by atoms with van der Waals surface area (Å²) in [5, 5.41) is 0. The van der Waals surface area contributed by atoms with E-state index in [9.17, 15) is 4.79 Å². The molecule has 0 bridgehead atoms. The van der Waals surface area contributed by atoms with Gasteiger partial charge in [0.25, 0.3) is 0 Å². The van der Waals surface area contributed by atoms with Gasteiger partial charge < -0.3 is 4.74 Å². The summed E-state index contributed by atoms with van der Waals surface area (Å²) in [4.78, 5) is 11.7. The molecule has 0 fully saturated rings. The van der Waals surface area contributed by atoms with Crippen LogP contribution in [0.2, 0.25) is 0 Å². The molecule has 0 spiro atoms. The van der Waals surface area contributed by atoms with E-state index in [1.54, 1.807) is 13.2 Å². The lowest BCUT2D eigenvalue weighted by atomic mass is 10.0. The normalized spacial score (nSPS) is 16.9. The molecule has 0 aliphatic heterocycles. The Bertz CT molecular complexity index is 330. The zero-order chi connectivity index (χ0) is 11.4. The van der Waals surface area contributed by atoms with Gasteiger partial charge in [0.15, 0.2) is 5.78 Å². The number of methoxy groups -OCH3 is 1. The Morgan fingerprint density at radius 2 is 2.20 bits per heavy atom. The van der Waals surface area contributed by atoms with Crippen molar-refractivity contribution in [3.05, 3.63) is 41.6 Å². The smallest absolute Gasteiger partial charge is 0.163 e. The maximum atomic E-state index is 11.7. The summed E-state index contributed by atoms with van der Waals surface area (Å²) in [6, 6.07) is 0. The number of rotatable bonds is 4. The number of ketones is 1. The lowest BCUT2D eigenvalue weighted by molar-refractivity contribution is -0.114. The van der Waals surface area contributed by atoms with Crippen LogP contribution in [-0.4, -0.2) is 12.9 Å². The Morgan fingerprint density at radius 1 is 1.53 bits per heavy atom. The topological polar surface area (TPSA) is 26.3 Å². The maximum absolute atomic E-state index is 11.7. The number of hydrogen-bond donors (Lipinski definition) is 0. The molecule has 0 saturated carbocycles. The molecule has 0 atom stereocenters. The molecule has 0 aromatic carbocycles. The fourth-order valence-corrected chi connectivity index (χ4v) is 1.75.